The average molecular weight is 694 g/mol. The van der Waals surface area contributed by atoms with Gasteiger partial charge >= 0.3 is 0 Å². The average Bonchev–Trinajstić information content (AvgIpc) is 2.87. The summed E-state index contributed by atoms with van der Waals surface area (Å²) in [5.41, 5.74) is -8.43. The van der Waals surface area contributed by atoms with Crippen LogP contribution in [0.1, 0.15) is 130 Å². The Hall–Kier alpha value is 0.340. The lowest BCUT2D eigenvalue weighted by Crippen LogP contribution is -2.84. The fourth-order valence-electron chi connectivity index (χ4n) is 9.53. The van der Waals surface area contributed by atoms with Crippen LogP contribution in [-0.4, -0.2) is 93.9 Å². The van der Waals surface area contributed by atoms with Crippen LogP contribution in [-0.2, 0) is 18.9 Å². The Morgan fingerprint density at radius 1 is 0.783 bits per heavy atom. The highest BCUT2D eigenvalue weighted by Crippen LogP contribution is 2.67. The second kappa shape index (κ2) is 10.7. The van der Waals surface area contributed by atoms with E-state index in [0.717, 1.165) is 0 Å². The Morgan fingerprint density at radius 3 is 1.70 bits per heavy atom. The lowest BCUT2D eigenvalue weighted by molar-refractivity contribution is -0.399. The highest BCUT2D eigenvalue weighted by Gasteiger charge is 2.77. The predicted octanol–water partition coefficient (Wildman–Crippen LogP) is 5.00. The summed E-state index contributed by atoms with van der Waals surface area (Å²) < 4.78 is 26.1. The number of nitrogens with two attached hydrogens (primary N) is 1. The van der Waals surface area contributed by atoms with Crippen LogP contribution in [0.5, 0.6) is 0 Å². The number of aliphatic hydroxyl groups is 4. The molecule has 0 radical (unpaired) electrons. The topological polar surface area (TPSA) is 144 Å². The molecule has 11 heteroatoms. The fourth-order valence-corrected chi connectivity index (χ4v) is 10.8. The molecule has 3 fully saturated rings. The Balaban J connectivity index is 2.14. The van der Waals surface area contributed by atoms with Crippen LogP contribution < -0.4 is 5.73 Å². The lowest BCUT2D eigenvalue weighted by atomic mass is 9.46. The fraction of sp³-hybridized carbons (Fsp3) is 1.00. The smallest absolute Gasteiger partial charge is 0.144 e. The zero-order valence-electron chi connectivity index (χ0n) is 31.7. The van der Waals surface area contributed by atoms with Crippen LogP contribution >= 0.6 is 25.3 Å². The third kappa shape index (κ3) is 4.76. The van der Waals surface area contributed by atoms with Crippen molar-refractivity contribution in [2.24, 2.45) is 22.5 Å². The molecule has 6 N–H and O–H groups in total. The first-order valence-corrected chi connectivity index (χ1v) is 17.7. The van der Waals surface area contributed by atoms with Crippen molar-refractivity contribution in [1.82, 2.24) is 0 Å². The molecule has 3 aliphatic rings. The number of rotatable bonds is 6. The van der Waals surface area contributed by atoms with Gasteiger partial charge in [0.1, 0.15) is 38.7 Å². The molecule has 1 aliphatic carbocycles. The van der Waals surface area contributed by atoms with Gasteiger partial charge in [-0.05, 0) is 106 Å². The van der Waals surface area contributed by atoms with Crippen LogP contribution in [0.4, 0.5) is 0 Å². The Bertz CT molecular complexity index is 1200. The van der Waals surface area contributed by atoms with Crippen molar-refractivity contribution in [3.05, 3.63) is 0 Å². The van der Waals surface area contributed by atoms with Gasteiger partial charge < -0.3 is 45.1 Å². The van der Waals surface area contributed by atoms with Crippen molar-refractivity contribution in [3.63, 3.8) is 0 Å². The second-order valence-corrected chi connectivity index (χ2v) is 19.4. The molecular weight excluding hydrogens is 627 g/mol. The first-order chi connectivity index (χ1) is 20.0. The van der Waals surface area contributed by atoms with Crippen molar-refractivity contribution in [2.75, 3.05) is 7.11 Å². The molecule has 2 heterocycles. The summed E-state index contributed by atoms with van der Waals surface area (Å²) in [5.74, 6) is -0.494. The third-order valence-corrected chi connectivity index (χ3v) is 16.7. The molecule has 9 nitrogen and oxygen atoms in total. The van der Waals surface area contributed by atoms with E-state index in [4.69, 9.17) is 49.9 Å². The highest BCUT2D eigenvalue weighted by molar-refractivity contribution is 7.81. The summed E-state index contributed by atoms with van der Waals surface area (Å²) in [7, 11) is 1.46. The van der Waals surface area contributed by atoms with Crippen molar-refractivity contribution < 1.29 is 39.4 Å². The summed E-state index contributed by atoms with van der Waals surface area (Å²) in [6.07, 6.45) is 1.09. The monoisotopic (exact) mass is 693 g/mol. The highest BCUT2D eigenvalue weighted by atomic mass is 32.1. The standard InChI is InChI=1S/C35H67NO8S2/c1-18-25(6)28(9,37)21(2)30(11,34(15,36)43-25)42-26(7)19-23(3,4)24(5,22(45)29(26,10)38)20-27(8)31(12,39)32(13,40)33(14,41-17)35(16,46)44-27/h21-22,37-40,45-46H,18-20,36H2,1-17H3. The Morgan fingerprint density at radius 2 is 1.26 bits per heavy atom. The van der Waals surface area contributed by atoms with Gasteiger partial charge in [0.2, 0.25) is 0 Å². The molecular formula is C35H67NO8S2. The molecule has 0 bridgehead atoms. The number of ether oxygens (including phenoxy) is 4. The van der Waals surface area contributed by atoms with E-state index in [1.807, 2.05) is 41.5 Å². The maximum Gasteiger partial charge on any atom is 0.144 e. The van der Waals surface area contributed by atoms with E-state index in [0.29, 0.717) is 12.8 Å². The molecule has 46 heavy (non-hydrogen) atoms. The zero-order chi connectivity index (χ0) is 36.6. The van der Waals surface area contributed by atoms with E-state index in [-0.39, 0.29) is 6.42 Å². The number of methoxy groups -OCH3 is 1. The van der Waals surface area contributed by atoms with E-state index in [1.54, 1.807) is 55.4 Å². The van der Waals surface area contributed by atoms with Gasteiger partial charge in [0.25, 0.3) is 0 Å². The molecule has 0 aromatic heterocycles. The molecule has 0 amide bonds. The quantitative estimate of drug-likeness (QED) is 0.191. The predicted molar refractivity (Wildman–Crippen MR) is 188 cm³/mol. The number of thiol groups is 2. The van der Waals surface area contributed by atoms with Gasteiger partial charge in [0.15, 0.2) is 0 Å². The second-order valence-electron chi connectivity index (χ2n) is 18.0. The van der Waals surface area contributed by atoms with Crippen LogP contribution in [0.3, 0.4) is 0 Å². The minimum atomic E-state index is -1.83. The van der Waals surface area contributed by atoms with Crippen LogP contribution in [0.15, 0.2) is 0 Å². The summed E-state index contributed by atoms with van der Waals surface area (Å²) >= 11 is 10.0. The molecule has 2 aliphatic heterocycles. The van der Waals surface area contributed by atoms with E-state index >= 15 is 0 Å². The Kier molecular flexibility index (Phi) is 9.47. The molecule has 14 atom stereocenters. The molecule has 1 saturated carbocycles. The molecule has 0 spiro atoms. The largest absolute Gasteiger partial charge is 0.387 e. The van der Waals surface area contributed by atoms with E-state index < -0.39 is 83.1 Å². The van der Waals surface area contributed by atoms with Crippen molar-refractivity contribution in [3.8, 4) is 0 Å². The van der Waals surface area contributed by atoms with E-state index in [1.165, 1.54) is 7.11 Å². The first kappa shape index (κ1) is 40.8. The summed E-state index contributed by atoms with van der Waals surface area (Å²) in [4.78, 5) is -1.31. The normalized spacial score (nSPS) is 61.0. The van der Waals surface area contributed by atoms with Crippen molar-refractivity contribution >= 4 is 25.3 Å². The van der Waals surface area contributed by atoms with Gasteiger partial charge in [0.05, 0.1) is 22.4 Å². The molecule has 2 saturated heterocycles. The molecule has 3 rings (SSSR count). The Labute approximate surface area is 289 Å². The summed E-state index contributed by atoms with van der Waals surface area (Å²) in [5, 5.41) is 48.1. The number of hydrogen-bond acceptors (Lipinski definition) is 11. The van der Waals surface area contributed by atoms with E-state index in [9.17, 15) is 20.4 Å². The first-order valence-electron chi connectivity index (χ1n) is 16.7. The van der Waals surface area contributed by atoms with Gasteiger partial charge in [0, 0.05) is 18.3 Å². The lowest BCUT2D eigenvalue weighted by Gasteiger charge is -2.71. The van der Waals surface area contributed by atoms with Crippen LogP contribution in [0, 0.1) is 16.7 Å². The molecule has 0 aromatic carbocycles. The molecule has 14 unspecified atom stereocenters. The van der Waals surface area contributed by atoms with Gasteiger partial charge in [-0.3, -0.25) is 0 Å². The zero-order valence-corrected chi connectivity index (χ0v) is 33.5. The van der Waals surface area contributed by atoms with Gasteiger partial charge in [-0.2, -0.15) is 12.6 Å². The maximum atomic E-state index is 12.6. The SMILES string of the molecule is CCC1(C)OC(C)(N)C(C)(OC2(C)CC(C)(C)C(C)(CC3(C)OC(C)(S)C(C)(OC)C(C)(O)C3(C)O)C(S)C2(C)O)C(C)C1(C)O. The molecule has 272 valence electrons. The minimum Gasteiger partial charge on any atom is -0.387 e. The van der Waals surface area contributed by atoms with Crippen LogP contribution in [0.25, 0.3) is 0 Å². The van der Waals surface area contributed by atoms with Gasteiger partial charge in [-0.1, -0.05) is 34.6 Å². The third-order valence-electron chi connectivity index (χ3n) is 15.1. The van der Waals surface area contributed by atoms with Crippen LogP contribution in [0.2, 0.25) is 0 Å². The van der Waals surface area contributed by atoms with Gasteiger partial charge in [-0.25, -0.2) is 0 Å². The maximum absolute atomic E-state index is 12.6. The van der Waals surface area contributed by atoms with Crippen molar-refractivity contribution in [2.45, 2.75) is 196 Å². The summed E-state index contributed by atoms with van der Waals surface area (Å²) in [6.45, 7) is 29.3. The van der Waals surface area contributed by atoms with E-state index in [2.05, 4.69) is 13.8 Å². The minimum absolute atomic E-state index is 0.196. The number of hydrogen-bond donors (Lipinski definition) is 7. The van der Waals surface area contributed by atoms with Crippen molar-refractivity contribution in [1.29, 1.82) is 0 Å². The summed E-state index contributed by atoms with van der Waals surface area (Å²) in [6, 6.07) is 0. The van der Waals surface area contributed by atoms with Gasteiger partial charge in [-0.15, -0.1) is 12.6 Å². The molecule has 0 aromatic rings.